The first-order valence-electron chi connectivity index (χ1n) is 9.19. The molecule has 2 amide bonds. The number of rotatable bonds is 1. The van der Waals surface area contributed by atoms with Gasteiger partial charge in [-0.05, 0) is 59.2 Å². The lowest BCUT2D eigenvalue weighted by Crippen LogP contribution is -2.54. The summed E-state index contributed by atoms with van der Waals surface area (Å²) in [7, 11) is 0. The van der Waals surface area contributed by atoms with Gasteiger partial charge in [0.05, 0.1) is 6.04 Å². The van der Waals surface area contributed by atoms with E-state index in [4.69, 9.17) is 15.2 Å². The van der Waals surface area contributed by atoms with Gasteiger partial charge in [0.1, 0.15) is 11.2 Å². The zero-order chi connectivity index (χ0) is 20.4. The quantitative estimate of drug-likeness (QED) is 0.753. The third-order valence-corrected chi connectivity index (χ3v) is 3.98. The fraction of sp³-hybridized carbons (Fsp3) is 0.600. The lowest BCUT2D eigenvalue weighted by Gasteiger charge is -2.42. The van der Waals surface area contributed by atoms with Crippen molar-refractivity contribution in [2.45, 2.75) is 58.8 Å². The highest BCUT2D eigenvalue weighted by Gasteiger charge is 2.37. The van der Waals surface area contributed by atoms with E-state index in [1.807, 2.05) is 53.7 Å². The maximum atomic E-state index is 12.7. The van der Waals surface area contributed by atoms with Gasteiger partial charge in [-0.25, -0.2) is 9.59 Å². The first-order chi connectivity index (χ1) is 12.4. The van der Waals surface area contributed by atoms with E-state index in [0.717, 1.165) is 5.56 Å². The summed E-state index contributed by atoms with van der Waals surface area (Å²) in [4.78, 5) is 28.5. The molecule has 0 aliphatic carbocycles. The van der Waals surface area contributed by atoms with Crippen molar-refractivity contribution in [3.63, 3.8) is 0 Å². The van der Waals surface area contributed by atoms with Crippen LogP contribution < -0.4 is 5.73 Å². The van der Waals surface area contributed by atoms with Crippen LogP contribution >= 0.6 is 0 Å². The summed E-state index contributed by atoms with van der Waals surface area (Å²) < 4.78 is 11.0. The number of carbonyl (C=O) groups is 2. The highest BCUT2D eigenvalue weighted by molar-refractivity contribution is 5.71. The number of nitrogens with zero attached hydrogens (tertiary/aromatic N) is 2. The summed E-state index contributed by atoms with van der Waals surface area (Å²) in [6.07, 6.45) is -0.778. The second kappa shape index (κ2) is 7.66. The minimum absolute atomic E-state index is 0.331. The van der Waals surface area contributed by atoms with Gasteiger partial charge in [0.25, 0.3) is 0 Å². The van der Waals surface area contributed by atoms with Crippen molar-refractivity contribution in [1.82, 2.24) is 9.80 Å². The minimum Gasteiger partial charge on any atom is -0.444 e. The Morgan fingerprint density at radius 2 is 1.44 bits per heavy atom. The Bertz CT molecular complexity index is 674. The molecule has 1 aromatic carbocycles. The number of nitrogens with two attached hydrogens (primary N) is 1. The highest BCUT2D eigenvalue weighted by atomic mass is 16.6. The number of piperazine rings is 1. The van der Waals surface area contributed by atoms with Crippen molar-refractivity contribution in [1.29, 1.82) is 0 Å². The summed E-state index contributed by atoms with van der Waals surface area (Å²) in [6.45, 7) is 12.1. The molecule has 7 heteroatoms. The second-order valence-electron chi connectivity index (χ2n) is 8.78. The van der Waals surface area contributed by atoms with Gasteiger partial charge in [0, 0.05) is 25.3 Å². The van der Waals surface area contributed by atoms with E-state index in [1.54, 1.807) is 21.9 Å². The molecule has 1 aliphatic heterocycles. The molecule has 0 spiro atoms. The Morgan fingerprint density at radius 1 is 0.926 bits per heavy atom. The van der Waals surface area contributed by atoms with Crippen molar-refractivity contribution in [2.75, 3.05) is 25.4 Å². The van der Waals surface area contributed by atoms with E-state index >= 15 is 0 Å². The van der Waals surface area contributed by atoms with E-state index in [-0.39, 0.29) is 12.1 Å². The molecule has 2 rings (SSSR count). The zero-order valence-corrected chi connectivity index (χ0v) is 17.1. The van der Waals surface area contributed by atoms with Crippen LogP contribution in [0.2, 0.25) is 0 Å². The number of ether oxygens (including phenoxy) is 2. The molecule has 0 aromatic heterocycles. The van der Waals surface area contributed by atoms with Crippen molar-refractivity contribution in [3.8, 4) is 0 Å². The number of anilines is 1. The van der Waals surface area contributed by atoms with Crippen LogP contribution in [0, 0.1) is 0 Å². The van der Waals surface area contributed by atoms with Gasteiger partial charge in [-0.2, -0.15) is 0 Å². The van der Waals surface area contributed by atoms with Crippen molar-refractivity contribution < 1.29 is 19.1 Å². The number of carbonyl (C=O) groups excluding carboxylic acids is 2. The zero-order valence-electron chi connectivity index (χ0n) is 17.1. The Hall–Kier alpha value is -2.44. The van der Waals surface area contributed by atoms with Crippen LogP contribution in [0.4, 0.5) is 15.3 Å². The smallest absolute Gasteiger partial charge is 0.410 e. The number of hydrogen-bond donors (Lipinski definition) is 1. The summed E-state index contributed by atoms with van der Waals surface area (Å²) in [5.41, 5.74) is 6.16. The fourth-order valence-electron chi connectivity index (χ4n) is 2.82. The predicted octanol–water partition coefficient (Wildman–Crippen LogP) is 3.80. The van der Waals surface area contributed by atoms with Gasteiger partial charge in [0.15, 0.2) is 0 Å². The lowest BCUT2D eigenvalue weighted by atomic mass is 10.0. The summed E-state index contributed by atoms with van der Waals surface area (Å²) >= 11 is 0. The molecular weight excluding hydrogens is 346 g/mol. The van der Waals surface area contributed by atoms with E-state index < -0.39 is 17.3 Å². The average molecular weight is 377 g/mol. The molecule has 1 aliphatic rings. The van der Waals surface area contributed by atoms with Crippen LogP contribution in [0.1, 0.15) is 53.1 Å². The molecule has 150 valence electrons. The van der Waals surface area contributed by atoms with Crippen molar-refractivity contribution in [2.24, 2.45) is 0 Å². The highest BCUT2D eigenvalue weighted by Crippen LogP contribution is 2.29. The molecule has 1 heterocycles. The normalized spacial score (nSPS) is 18.2. The molecule has 1 unspecified atom stereocenters. The van der Waals surface area contributed by atoms with E-state index in [1.165, 1.54) is 0 Å². The lowest BCUT2D eigenvalue weighted by molar-refractivity contribution is -0.0152. The molecule has 27 heavy (non-hydrogen) atoms. The average Bonchev–Trinajstić information content (AvgIpc) is 2.52. The molecule has 1 aromatic rings. The Morgan fingerprint density at radius 3 is 1.96 bits per heavy atom. The Kier molecular flexibility index (Phi) is 5.92. The van der Waals surface area contributed by atoms with Crippen LogP contribution in [0.25, 0.3) is 0 Å². The third-order valence-electron chi connectivity index (χ3n) is 3.98. The maximum absolute atomic E-state index is 12.7. The maximum Gasteiger partial charge on any atom is 0.410 e. The van der Waals surface area contributed by atoms with Gasteiger partial charge in [-0.15, -0.1) is 0 Å². The van der Waals surface area contributed by atoms with E-state index in [9.17, 15) is 9.59 Å². The number of benzene rings is 1. The predicted molar refractivity (Wildman–Crippen MR) is 104 cm³/mol. The summed E-state index contributed by atoms with van der Waals surface area (Å²) in [5, 5.41) is 0. The van der Waals surface area contributed by atoms with Gasteiger partial charge >= 0.3 is 12.2 Å². The minimum atomic E-state index is -0.592. The largest absolute Gasteiger partial charge is 0.444 e. The Labute approximate surface area is 161 Å². The van der Waals surface area contributed by atoms with E-state index in [0.29, 0.717) is 25.3 Å². The number of amides is 2. The van der Waals surface area contributed by atoms with Crippen LogP contribution in [0.5, 0.6) is 0 Å². The molecule has 0 saturated carbocycles. The third kappa shape index (κ3) is 6.05. The molecule has 2 N–H and O–H groups in total. The SMILES string of the molecule is CC(C)(C)OC(=O)N1CCN(C(=O)OC(C)(C)C)C(c2ccc(N)cc2)C1. The Balaban J connectivity index is 2.24. The van der Waals surface area contributed by atoms with Crippen LogP contribution in [-0.4, -0.2) is 52.8 Å². The fourth-order valence-corrected chi connectivity index (χ4v) is 2.82. The topological polar surface area (TPSA) is 85.1 Å². The molecular formula is C20H31N3O4. The molecule has 1 atom stereocenters. The molecule has 0 bridgehead atoms. The van der Waals surface area contributed by atoms with Crippen LogP contribution in [0.15, 0.2) is 24.3 Å². The first kappa shape index (κ1) is 20.9. The first-order valence-corrected chi connectivity index (χ1v) is 9.19. The van der Waals surface area contributed by atoms with Crippen LogP contribution in [0.3, 0.4) is 0 Å². The van der Waals surface area contributed by atoms with Crippen molar-refractivity contribution in [3.05, 3.63) is 29.8 Å². The monoisotopic (exact) mass is 377 g/mol. The summed E-state index contributed by atoms with van der Waals surface area (Å²) in [5.74, 6) is 0. The van der Waals surface area contributed by atoms with Gasteiger partial charge < -0.3 is 20.1 Å². The molecule has 7 nitrogen and oxygen atoms in total. The van der Waals surface area contributed by atoms with Gasteiger partial charge in [-0.1, -0.05) is 12.1 Å². The van der Waals surface area contributed by atoms with Crippen molar-refractivity contribution >= 4 is 17.9 Å². The summed E-state index contributed by atoms with van der Waals surface area (Å²) in [6, 6.07) is 6.98. The van der Waals surface area contributed by atoms with E-state index in [2.05, 4.69) is 0 Å². The second-order valence-corrected chi connectivity index (χ2v) is 8.78. The number of hydrogen-bond acceptors (Lipinski definition) is 5. The van der Waals surface area contributed by atoms with Crippen LogP contribution in [-0.2, 0) is 9.47 Å². The standard InChI is InChI=1S/C20H31N3O4/c1-19(2,3)26-17(24)22-11-12-23(18(25)27-20(4,5)6)16(13-22)14-7-9-15(21)10-8-14/h7-10,16H,11-13,21H2,1-6H3. The molecule has 0 radical (unpaired) electrons. The molecule has 1 fully saturated rings. The molecule has 1 saturated heterocycles. The van der Waals surface area contributed by atoms with Gasteiger partial charge in [0.2, 0.25) is 0 Å². The van der Waals surface area contributed by atoms with Gasteiger partial charge in [-0.3, -0.25) is 4.90 Å². The number of nitrogen functional groups attached to an aromatic ring is 1.